The zero-order valence-corrected chi connectivity index (χ0v) is 12.8. The Labute approximate surface area is 124 Å². The van der Waals surface area contributed by atoms with Gasteiger partial charge in [0.25, 0.3) is 5.69 Å². The number of aryl methyl sites for hydroxylation is 1. The summed E-state index contributed by atoms with van der Waals surface area (Å²) in [5, 5.41) is 23.2. The van der Waals surface area contributed by atoms with Crippen molar-refractivity contribution in [3.8, 4) is 0 Å². The lowest BCUT2D eigenvalue weighted by atomic mass is 9.87. The van der Waals surface area contributed by atoms with Crippen LogP contribution in [0.3, 0.4) is 0 Å². The topological polar surface area (TPSA) is 92.5 Å². The van der Waals surface area contributed by atoms with Crippen LogP contribution in [-0.2, 0) is 4.79 Å². The summed E-state index contributed by atoms with van der Waals surface area (Å²) in [7, 11) is 0. The lowest BCUT2D eigenvalue weighted by Gasteiger charge is -2.26. The first-order chi connectivity index (χ1) is 9.60. The molecule has 1 aromatic carbocycles. The van der Waals surface area contributed by atoms with E-state index in [9.17, 15) is 14.9 Å². The van der Waals surface area contributed by atoms with Crippen molar-refractivity contribution in [3.05, 3.63) is 33.9 Å². The molecular weight excluding hydrogens is 272 g/mol. The maximum atomic E-state index is 11.2. The molecule has 0 saturated carbocycles. The maximum absolute atomic E-state index is 11.2. The van der Waals surface area contributed by atoms with Gasteiger partial charge in [-0.25, -0.2) is 0 Å². The molecule has 0 heterocycles. The smallest absolute Gasteiger partial charge is 0.305 e. The number of nitrogens with one attached hydrogen (secondary N) is 1. The molecule has 0 fully saturated rings. The highest BCUT2D eigenvalue weighted by molar-refractivity contribution is 5.70. The molecule has 0 aliphatic heterocycles. The maximum Gasteiger partial charge on any atom is 0.305 e. The molecule has 1 atom stereocenters. The molecular formula is C15H22N2O4. The first-order valence-electron chi connectivity index (χ1n) is 6.82. The quantitative estimate of drug-likeness (QED) is 0.617. The number of carboxylic acids is 1. The number of hydrogen-bond acceptors (Lipinski definition) is 4. The van der Waals surface area contributed by atoms with Gasteiger partial charge in [0.15, 0.2) is 0 Å². The second kappa shape index (κ2) is 6.56. The van der Waals surface area contributed by atoms with Crippen LogP contribution in [0.2, 0.25) is 0 Å². The van der Waals surface area contributed by atoms with Crippen LogP contribution >= 0.6 is 0 Å². The molecule has 6 heteroatoms. The summed E-state index contributed by atoms with van der Waals surface area (Å²) in [6, 6.07) is 4.64. The number of nitrogens with zero attached hydrogens (tertiary/aromatic N) is 1. The first kappa shape index (κ1) is 16.9. The second-order valence-corrected chi connectivity index (χ2v) is 6.43. The van der Waals surface area contributed by atoms with Crippen LogP contribution in [-0.4, -0.2) is 22.0 Å². The Kier molecular flexibility index (Phi) is 5.29. The van der Waals surface area contributed by atoms with Gasteiger partial charge in [-0.3, -0.25) is 14.9 Å². The summed E-state index contributed by atoms with van der Waals surface area (Å²) in [6.45, 7) is 7.69. The van der Waals surface area contributed by atoms with E-state index in [0.29, 0.717) is 17.7 Å². The molecule has 0 aromatic heterocycles. The SMILES string of the molecule is Cc1cccc(NC(CC(=O)O)CC(C)(C)C)c1[N+](=O)[O-]. The van der Waals surface area contributed by atoms with E-state index in [1.165, 1.54) is 0 Å². The van der Waals surface area contributed by atoms with E-state index in [-0.39, 0.29) is 23.6 Å². The molecule has 2 N–H and O–H groups in total. The predicted molar refractivity (Wildman–Crippen MR) is 81.6 cm³/mol. The van der Waals surface area contributed by atoms with Gasteiger partial charge >= 0.3 is 5.97 Å². The van der Waals surface area contributed by atoms with Crippen molar-refractivity contribution in [3.63, 3.8) is 0 Å². The molecule has 0 bridgehead atoms. The summed E-state index contributed by atoms with van der Waals surface area (Å²) < 4.78 is 0. The third kappa shape index (κ3) is 5.41. The number of carbonyl (C=O) groups is 1. The van der Waals surface area contributed by atoms with Crippen molar-refractivity contribution < 1.29 is 14.8 Å². The molecule has 1 aromatic rings. The van der Waals surface area contributed by atoms with Crippen LogP contribution in [0.25, 0.3) is 0 Å². The normalized spacial score (nSPS) is 12.8. The van der Waals surface area contributed by atoms with Crippen molar-refractivity contribution in [1.29, 1.82) is 0 Å². The lowest BCUT2D eigenvalue weighted by Crippen LogP contribution is -2.28. The minimum Gasteiger partial charge on any atom is -0.481 e. The van der Waals surface area contributed by atoms with Crippen LogP contribution in [0.5, 0.6) is 0 Å². The minimum absolute atomic E-state index is 0.00166. The monoisotopic (exact) mass is 294 g/mol. The average Bonchev–Trinajstić information content (AvgIpc) is 2.24. The number of nitro benzene ring substituents is 1. The van der Waals surface area contributed by atoms with Crippen LogP contribution in [0.1, 0.15) is 39.2 Å². The van der Waals surface area contributed by atoms with Gasteiger partial charge in [0.05, 0.1) is 11.3 Å². The van der Waals surface area contributed by atoms with Crippen molar-refractivity contribution in [2.24, 2.45) is 5.41 Å². The van der Waals surface area contributed by atoms with Crippen LogP contribution in [0.15, 0.2) is 18.2 Å². The number of carboxylic acid groups (broad SMARTS) is 1. The number of hydrogen-bond donors (Lipinski definition) is 2. The number of anilines is 1. The third-order valence-corrected chi connectivity index (χ3v) is 3.06. The highest BCUT2D eigenvalue weighted by atomic mass is 16.6. The van der Waals surface area contributed by atoms with E-state index in [1.54, 1.807) is 25.1 Å². The van der Waals surface area contributed by atoms with E-state index >= 15 is 0 Å². The Balaban J connectivity index is 3.06. The summed E-state index contributed by atoms with van der Waals surface area (Å²) in [6.07, 6.45) is 0.521. The molecule has 1 unspecified atom stereocenters. The minimum atomic E-state index is -0.924. The largest absolute Gasteiger partial charge is 0.481 e. The number of rotatable bonds is 6. The van der Waals surface area contributed by atoms with E-state index < -0.39 is 10.9 Å². The fraction of sp³-hybridized carbons (Fsp3) is 0.533. The average molecular weight is 294 g/mol. The number of nitro groups is 1. The van der Waals surface area contributed by atoms with E-state index in [1.807, 2.05) is 20.8 Å². The van der Waals surface area contributed by atoms with Crippen LogP contribution in [0, 0.1) is 22.5 Å². The Hall–Kier alpha value is -2.11. The van der Waals surface area contributed by atoms with Gasteiger partial charge in [-0.15, -0.1) is 0 Å². The first-order valence-corrected chi connectivity index (χ1v) is 6.82. The van der Waals surface area contributed by atoms with Crippen molar-refractivity contribution in [2.75, 3.05) is 5.32 Å². The van der Waals surface area contributed by atoms with E-state index in [0.717, 1.165) is 0 Å². The molecule has 0 amide bonds. The van der Waals surface area contributed by atoms with Crippen molar-refractivity contribution in [1.82, 2.24) is 0 Å². The van der Waals surface area contributed by atoms with Crippen LogP contribution in [0.4, 0.5) is 11.4 Å². The highest BCUT2D eigenvalue weighted by Gasteiger charge is 2.24. The number of aliphatic carboxylic acids is 1. The Bertz CT molecular complexity index is 535. The summed E-state index contributed by atoms with van der Waals surface area (Å²) in [4.78, 5) is 21.7. The molecule has 0 aliphatic carbocycles. The molecule has 0 aliphatic rings. The molecule has 6 nitrogen and oxygen atoms in total. The van der Waals surface area contributed by atoms with Gasteiger partial charge in [0, 0.05) is 11.6 Å². The Morgan fingerprint density at radius 3 is 2.52 bits per heavy atom. The number of benzene rings is 1. The van der Waals surface area contributed by atoms with Crippen LogP contribution < -0.4 is 5.32 Å². The van der Waals surface area contributed by atoms with Gasteiger partial charge in [-0.05, 0) is 24.8 Å². The highest BCUT2D eigenvalue weighted by Crippen LogP contribution is 2.31. The number of para-hydroxylation sites is 1. The van der Waals surface area contributed by atoms with Gasteiger partial charge < -0.3 is 10.4 Å². The van der Waals surface area contributed by atoms with Crippen molar-refractivity contribution in [2.45, 2.75) is 46.6 Å². The van der Waals surface area contributed by atoms with Crippen molar-refractivity contribution >= 4 is 17.3 Å². The summed E-state index contributed by atoms with van der Waals surface area (Å²) in [5.74, 6) is -0.924. The zero-order valence-electron chi connectivity index (χ0n) is 12.8. The molecule has 0 spiro atoms. The van der Waals surface area contributed by atoms with E-state index in [4.69, 9.17) is 5.11 Å². The molecule has 116 valence electrons. The van der Waals surface area contributed by atoms with Gasteiger partial charge in [0.2, 0.25) is 0 Å². The Morgan fingerprint density at radius 2 is 2.05 bits per heavy atom. The lowest BCUT2D eigenvalue weighted by molar-refractivity contribution is -0.384. The third-order valence-electron chi connectivity index (χ3n) is 3.06. The Morgan fingerprint density at radius 1 is 1.43 bits per heavy atom. The molecule has 21 heavy (non-hydrogen) atoms. The predicted octanol–water partition coefficient (Wildman–Crippen LogP) is 3.59. The zero-order chi connectivity index (χ0) is 16.2. The second-order valence-electron chi connectivity index (χ2n) is 6.43. The summed E-state index contributed by atoms with van der Waals surface area (Å²) in [5.41, 5.74) is 0.846. The van der Waals surface area contributed by atoms with E-state index in [2.05, 4.69) is 5.32 Å². The summed E-state index contributed by atoms with van der Waals surface area (Å²) >= 11 is 0. The molecule has 1 rings (SSSR count). The standard InChI is InChI=1S/C15H22N2O4/c1-10-6-5-7-12(14(10)17(20)21)16-11(8-13(18)19)9-15(2,3)4/h5-7,11,16H,8-9H2,1-4H3,(H,18,19). The molecule has 0 radical (unpaired) electrons. The molecule has 0 saturated heterocycles. The van der Waals surface area contributed by atoms with Gasteiger partial charge in [-0.1, -0.05) is 32.9 Å². The fourth-order valence-electron chi connectivity index (χ4n) is 2.36. The fourth-order valence-corrected chi connectivity index (χ4v) is 2.36. The van der Waals surface area contributed by atoms with Gasteiger partial charge in [0.1, 0.15) is 5.69 Å². The van der Waals surface area contributed by atoms with Gasteiger partial charge in [-0.2, -0.15) is 0 Å².